The van der Waals surface area contributed by atoms with Crippen LogP contribution in [0.4, 0.5) is 0 Å². The van der Waals surface area contributed by atoms with Gasteiger partial charge in [-0.05, 0) is 57.1 Å². The van der Waals surface area contributed by atoms with Gasteiger partial charge in [0.25, 0.3) is 0 Å². The van der Waals surface area contributed by atoms with E-state index in [1.807, 2.05) is 31.2 Å². The summed E-state index contributed by atoms with van der Waals surface area (Å²) in [4.78, 5) is 14.5. The number of ether oxygens (including phenoxy) is 1. The van der Waals surface area contributed by atoms with Crippen LogP contribution in [0.1, 0.15) is 43.0 Å². The molecule has 0 saturated carbocycles. The van der Waals surface area contributed by atoms with Crippen LogP contribution in [0.15, 0.2) is 24.3 Å². The highest BCUT2D eigenvalue weighted by Crippen LogP contribution is 2.14. The van der Waals surface area contributed by atoms with Crippen LogP contribution in [0.5, 0.6) is 5.75 Å². The monoisotopic (exact) mass is 296 g/mol. The number of rotatable bonds is 6. The summed E-state index contributed by atoms with van der Waals surface area (Å²) in [5.41, 5.74) is 0.792. The van der Waals surface area contributed by atoms with Gasteiger partial charge in [-0.25, -0.2) is 0 Å². The van der Waals surface area contributed by atoms with E-state index in [1.54, 1.807) is 0 Å². The molecule has 1 heterocycles. The number of piperidine rings is 1. The van der Waals surface area contributed by atoms with Crippen LogP contribution in [-0.4, -0.2) is 36.9 Å². The molecule has 1 aliphatic heterocycles. The van der Waals surface area contributed by atoms with Gasteiger partial charge in [0.05, 0.1) is 6.61 Å². The predicted octanol–water partition coefficient (Wildman–Crippen LogP) is 0.148. The first kappa shape index (κ1) is 17.0. The second kappa shape index (κ2) is 8.98. The number of carbonyl (C=O) groups excluding carboxylic acids is 1. The summed E-state index contributed by atoms with van der Waals surface area (Å²) in [7, 11) is 0. The molecular weight excluding hydrogens is 274 g/mol. The van der Waals surface area contributed by atoms with Gasteiger partial charge in [0.1, 0.15) is 5.75 Å². The summed E-state index contributed by atoms with van der Waals surface area (Å²) in [6.07, 6.45) is 4.51. The maximum atomic E-state index is 12.1. The summed E-state index contributed by atoms with van der Waals surface area (Å²) in [5.74, 6) is 1.06. The number of benzene rings is 1. The number of carbonyl (C=O) groups is 1. The third-order valence-corrected chi connectivity index (χ3v) is 3.59. The Balaban J connectivity index is 0.00000200. The van der Waals surface area contributed by atoms with Crippen molar-refractivity contribution < 1.29 is 21.9 Å². The van der Waals surface area contributed by atoms with E-state index in [2.05, 4.69) is 4.90 Å². The van der Waals surface area contributed by atoms with Crippen LogP contribution < -0.4 is 17.1 Å². The molecule has 1 aromatic rings. The van der Waals surface area contributed by atoms with Crippen LogP contribution in [0, 0.1) is 0 Å². The Morgan fingerprint density at radius 2 is 1.80 bits per heavy atom. The highest BCUT2D eigenvalue weighted by Gasteiger charge is 2.12. The molecule has 20 heavy (non-hydrogen) atoms. The molecule has 1 aromatic carbocycles. The number of ketones is 1. The summed E-state index contributed by atoms with van der Waals surface area (Å²) in [5, 5.41) is 0. The Hall–Kier alpha value is -1.06. The zero-order valence-electron chi connectivity index (χ0n) is 12.1. The van der Waals surface area contributed by atoms with E-state index in [4.69, 9.17) is 4.74 Å². The van der Waals surface area contributed by atoms with Crippen molar-refractivity contribution in [1.29, 1.82) is 0 Å². The van der Waals surface area contributed by atoms with Crippen molar-refractivity contribution in [3.05, 3.63) is 29.8 Å². The third-order valence-electron chi connectivity index (χ3n) is 3.59. The van der Waals surface area contributed by atoms with Gasteiger partial charge in [-0.3, -0.25) is 4.79 Å². The number of likely N-dealkylation sites (tertiary alicyclic amines) is 1. The molecule has 1 fully saturated rings. The molecule has 0 radical (unpaired) electrons. The Labute approximate surface area is 127 Å². The Morgan fingerprint density at radius 1 is 1.15 bits per heavy atom. The first-order valence-corrected chi connectivity index (χ1v) is 7.28. The van der Waals surface area contributed by atoms with Gasteiger partial charge in [0.15, 0.2) is 5.78 Å². The first-order valence-electron chi connectivity index (χ1n) is 7.28. The number of hydrogen-bond acceptors (Lipinski definition) is 3. The molecular formula is C16H23ClNO2-. The molecule has 112 valence electrons. The summed E-state index contributed by atoms with van der Waals surface area (Å²) in [6, 6.07) is 7.47. The molecule has 0 bridgehead atoms. The largest absolute Gasteiger partial charge is 1.00 e. The molecule has 0 aliphatic carbocycles. The van der Waals surface area contributed by atoms with E-state index in [1.165, 1.54) is 19.3 Å². The van der Waals surface area contributed by atoms with Gasteiger partial charge < -0.3 is 22.0 Å². The van der Waals surface area contributed by atoms with E-state index in [9.17, 15) is 4.79 Å². The summed E-state index contributed by atoms with van der Waals surface area (Å²) in [6.45, 7) is 5.80. The van der Waals surface area contributed by atoms with Crippen molar-refractivity contribution in [1.82, 2.24) is 4.90 Å². The van der Waals surface area contributed by atoms with Crippen molar-refractivity contribution >= 4 is 5.78 Å². The van der Waals surface area contributed by atoms with Crippen molar-refractivity contribution in [2.45, 2.75) is 32.6 Å². The van der Waals surface area contributed by atoms with Crippen molar-refractivity contribution in [3.63, 3.8) is 0 Å². The van der Waals surface area contributed by atoms with Gasteiger partial charge in [0.2, 0.25) is 0 Å². The molecule has 4 heteroatoms. The zero-order chi connectivity index (χ0) is 13.5. The second-order valence-corrected chi connectivity index (χ2v) is 5.03. The van der Waals surface area contributed by atoms with E-state index < -0.39 is 0 Å². The molecule has 0 unspecified atom stereocenters. The maximum absolute atomic E-state index is 12.1. The van der Waals surface area contributed by atoms with Crippen molar-refractivity contribution in [3.8, 4) is 5.75 Å². The number of hydrogen-bond donors (Lipinski definition) is 0. The topological polar surface area (TPSA) is 29.5 Å². The van der Waals surface area contributed by atoms with Gasteiger partial charge in [-0.2, -0.15) is 0 Å². The molecule has 0 spiro atoms. The van der Waals surface area contributed by atoms with Crippen LogP contribution in [0.25, 0.3) is 0 Å². The minimum Gasteiger partial charge on any atom is -1.00 e. The van der Waals surface area contributed by atoms with Gasteiger partial charge in [-0.15, -0.1) is 0 Å². The molecule has 0 N–H and O–H groups in total. The lowest BCUT2D eigenvalue weighted by Crippen LogP contribution is -3.00. The normalized spacial score (nSPS) is 15.4. The second-order valence-electron chi connectivity index (χ2n) is 5.03. The summed E-state index contributed by atoms with van der Waals surface area (Å²) >= 11 is 0. The van der Waals surface area contributed by atoms with Gasteiger partial charge in [-0.1, -0.05) is 6.42 Å². The molecule has 0 atom stereocenters. The van der Waals surface area contributed by atoms with Crippen LogP contribution in [0.2, 0.25) is 0 Å². The van der Waals surface area contributed by atoms with Crippen LogP contribution in [0.3, 0.4) is 0 Å². The zero-order valence-corrected chi connectivity index (χ0v) is 12.9. The highest BCUT2D eigenvalue weighted by molar-refractivity contribution is 5.96. The van der Waals surface area contributed by atoms with Crippen molar-refractivity contribution in [2.24, 2.45) is 0 Å². The molecule has 1 saturated heterocycles. The SMILES string of the molecule is CCOc1ccc(C(=O)CCN2CCCCC2)cc1.[Cl-]. The van der Waals surface area contributed by atoms with E-state index in [-0.39, 0.29) is 18.2 Å². The van der Waals surface area contributed by atoms with Gasteiger partial charge in [0, 0.05) is 18.5 Å². The van der Waals surface area contributed by atoms with Gasteiger partial charge >= 0.3 is 0 Å². The lowest BCUT2D eigenvalue weighted by molar-refractivity contribution is -0.0000126. The highest BCUT2D eigenvalue weighted by atomic mass is 35.5. The van der Waals surface area contributed by atoms with Crippen molar-refractivity contribution in [2.75, 3.05) is 26.2 Å². The predicted molar refractivity (Wildman–Crippen MR) is 76.8 cm³/mol. The molecule has 2 rings (SSSR count). The van der Waals surface area contributed by atoms with E-state index in [0.29, 0.717) is 13.0 Å². The van der Waals surface area contributed by atoms with E-state index >= 15 is 0 Å². The average Bonchev–Trinajstić information content (AvgIpc) is 2.47. The lowest BCUT2D eigenvalue weighted by atomic mass is 10.1. The standard InChI is InChI=1S/C16H23NO2.ClH/c1-2-19-15-8-6-14(7-9-15)16(18)10-13-17-11-4-3-5-12-17;/h6-9H,2-5,10-13H2,1H3;1H/p-1. The average molecular weight is 297 g/mol. The maximum Gasteiger partial charge on any atom is 0.164 e. The first-order chi connectivity index (χ1) is 9.29. The van der Waals surface area contributed by atoms with E-state index in [0.717, 1.165) is 30.9 Å². The van der Waals surface area contributed by atoms with Crippen LogP contribution in [-0.2, 0) is 0 Å². The fourth-order valence-corrected chi connectivity index (χ4v) is 2.49. The van der Waals surface area contributed by atoms with Crippen LogP contribution >= 0.6 is 0 Å². The third kappa shape index (κ3) is 5.14. The minimum absolute atomic E-state index is 0. The molecule has 0 aromatic heterocycles. The Morgan fingerprint density at radius 3 is 2.40 bits per heavy atom. The fraction of sp³-hybridized carbons (Fsp3) is 0.562. The number of nitrogens with zero attached hydrogens (tertiary/aromatic N) is 1. The number of halogens is 1. The molecule has 0 amide bonds. The lowest BCUT2D eigenvalue weighted by Gasteiger charge is -2.25. The Bertz CT molecular complexity index is 399. The Kier molecular flexibility index (Phi) is 7.63. The summed E-state index contributed by atoms with van der Waals surface area (Å²) < 4.78 is 5.38. The number of Topliss-reactive ketones (excluding diaryl/α,β-unsaturated/α-hetero) is 1. The fourth-order valence-electron chi connectivity index (χ4n) is 2.49. The molecule has 3 nitrogen and oxygen atoms in total. The minimum atomic E-state index is 0. The quantitative estimate of drug-likeness (QED) is 0.700. The smallest absolute Gasteiger partial charge is 0.164 e. The molecule has 1 aliphatic rings.